The molecule has 3 rings (SSSR count). The Morgan fingerprint density at radius 1 is 1.24 bits per heavy atom. The maximum absolute atomic E-state index is 12.6. The molecule has 1 heterocycles. The van der Waals surface area contributed by atoms with Gasteiger partial charge in [0.1, 0.15) is 11.8 Å². The zero-order valence-corrected chi connectivity index (χ0v) is 19.0. The number of hydrogen-bond acceptors (Lipinski definition) is 6. The Hall–Kier alpha value is -2.25. The summed E-state index contributed by atoms with van der Waals surface area (Å²) < 4.78 is 11.4. The number of carbonyl (C=O) groups excluding carboxylic acids is 1. The maximum Gasteiger partial charge on any atom is 0.338 e. The molecule has 0 aliphatic carbocycles. The average molecular weight is 475 g/mol. The Balaban J connectivity index is 1.85. The van der Waals surface area contributed by atoms with E-state index in [9.17, 15) is 4.79 Å². The van der Waals surface area contributed by atoms with Crippen molar-refractivity contribution in [3.63, 3.8) is 0 Å². The van der Waals surface area contributed by atoms with Crippen molar-refractivity contribution in [3.05, 3.63) is 75.4 Å². The summed E-state index contributed by atoms with van der Waals surface area (Å²) in [6, 6.07) is 15.4. The van der Waals surface area contributed by atoms with Crippen LogP contribution in [0.2, 0.25) is 0 Å². The van der Waals surface area contributed by atoms with Crippen molar-refractivity contribution in [1.29, 1.82) is 0 Å². The molecule has 0 saturated heterocycles. The molecule has 0 fully saturated rings. The molecular weight excluding hydrogens is 452 g/mol. The van der Waals surface area contributed by atoms with E-state index in [1.54, 1.807) is 25.8 Å². The number of thioether (sulfide) groups is 1. The first-order chi connectivity index (χ1) is 14.0. The molecule has 152 valence electrons. The van der Waals surface area contributed by atoms with Crippen molar-refractivity contribution in [3.8, 4) is 5.75 Å². The van der Waals surface area contributed by atoms with E-state index in [-0.39, 0.29) is 5.97 Å². The van der Waals surface area contributed by atoms with Gasteiger partial charge in [-0.05, 0) is 49.2 Å². The minimum atomic E-state index is -0.411. The average Bonchev–Trinajstić information content (AvgIpc) is 2.72. The van der Waals surface area contributed by atoms with Crippen molar-refractivity contribution in [2.24, 2.45) is 4.99 Å². The molecule has 0 unspecified atom stereocenters. The van der Waals surface area contributed by atoms with E-state index in [1.807, 2.05) is 55.5 Å². The summed E-state index contributed by atoms with van der Waals surface area (Å²) in [6.07, 6.45) is 0. The standard InChI is InChI=1S/C22H23BrN2O3S/c1-4-28-21(26)19-14(2)24-22(25-20(19)16-6-5-7-17(23)12-16)29-13-15-8-10-18(27-3)11-9-15/h5-12,20H,4,13H2,1-3H3,(H,24,25)/t20-/m0/s1. The summed E-state index contributed by atoms with van der Waals surface area (Å²) in [4.78, 5) is 17.4. The maximum atomic E-state index is 12.6. The topological polar surface area (TPSA) is 59.9 Å². The van der Waals surface area contributed by atoms with E-state index in [1.165, 1.54) is 0 Å². The smallest absolute Gasteiger partial charge is 0.338 e. The van der Waals surface area contributed by atoms with Gasteiger partial charge in [0.15, 0.2) is 5.17 Å². The van der Waals surface area contributed by atoms with E-state index in [0.717, 1.165) is 38.0 Å². The number of allylic oxidation sites excluding steroid dienone is 1. The number of nitrogens with zero attached hydrogens (tertiary/aromatic N) is 1. The molecule has 0 saturated carbocycles. The number of aliphatic imine (C=N–C) groups is 1. The lowest BCUT2D eigenvalue weighted by atomic mass is 9.97. The Labute approximate surface area is 183 Å². The summed E-state index contributed by atoms with van der Waals surface area (Å²) in [7, 11) is 1.66. The Kier molecular flexibility index (Phi) is 7.39. The molecule has 1 aliphatic rings. The number of carbonyl (C=O) groups is 1. The largest absolute Gasteiger partial charge is 0.497 e. The first kappa shape index (κ1) is 21.5. The molecule has 1 aliphatic heterocycles. The van der Waals surface area contributed by atoms with E-state index < -0.39 is 6.04 Å². The predicted octanol–water partition coefficient (Wildman–Crippen LogP) is 5.23. The van der Waals surface area contributed by atoms with Crippen molar-refractivity contribution in [2.75, 3.05) is 13.7 Å². The predicted molar refractivity (Wildman–Crippen MR) is 121 cm³/mol. The van der Waals surface area contributed by atoms with E-state index in [2.05, 4.69) is 21.2 Å². The van der Waals surface area contributed by atoms with Gasteiger partial charge < -0.3 is 14.8 Å². The molecule has 0 amide bonds. The SMILES string of the molecule is CCOC(=O)C1=C(C)NC(SCc2ccc(OC)cc2)=N[C@H]1c1cccc(Br)c1. The molecule has 0 spiro atoms. The van der Waals surface area contributed by atoms with E-state index >= 15 is 0 Å². The van der Waals surface area contributed by atoms with Crippen molar-refractivity contribution >= 4 is 38.8 Å². The van der Waals surface area contributed by atoms with Gasteiger partial charge in [0.25, 0.3) is 0 Å². The summed E-state index contributed by atoms with van der Waals surface area (Å²) in [6.45, 7) is 4.01. The highest BCUT2D eigenvalue weighted by atomic mass is 79.9. The third kappa shape index (κ3) is 5.42. The van der Waals surface area contributed by atoms with Crippen LogP contribution < -0.4 is 10.1 Å². The van der Waals surface area contributed by atoms with Crippen LogP contribution in [-0.2, 0) is 15.3 Å². The van der Waals surface area contributed by atoms with Gasteiger partial charge >= 0.3 is 5.97 Å². The highest BCUT2D eigenvalue weighted by Gasteiger charge is 2.30. The normalized spacial score (nSPS) is 16.1. The van der Waals surface area contributed by atoms with Crippen molar-refractivity contribution in [1.82, 2.24) is 5.32 Å². The van der Waals surface area contributed by atoms with Gasteiger partial charge in [-0.25, -0.2) is 9.79 Å². The second-order valence-corrected chi connectivity index (χ2v) is 8.29. The number of ether oxygens (including phenoxy) is 2. The van der Waals surface area contributed by atoms with Crippen molar-refractivity contribution in [2.45, 2.75) is 25.6 Å². The van der Waals surface area contributed by atoms with E-state index in [0.29, 0.717) is 12.2 Å². The molecule has 1 N–H and O–H groups in total. The molecule has 0 aromatic heterocycles. The monoisotopic (exact) mass is 474 g/mol. The molecule has 1 atom stereocenters. The van der Waals surface area contributed by atoms with Gasteiger partial charge in [-0.3, -0.25) is 0 Å². The highest BCUT2D eigenvalue weighted by molar-refractivity contribution is 9.10. The number of esters is 1. The second-order valence-electron chi connectivity index (χ2n) is 6.41. The first-order valence-corrected chi connectivity index (χ1v) is 11.0. The zero-order chi connectivity index (χ0) is 20.8. The molecule has 2 aromatic rings. The molecule has 0 bridgehead atoms. The van der Waals surface area contributed by atoms with Gasteiger partial charge in [0.2, 0.25) is 0 Å². The summed E-state index contributed by atoms with van der Waals surface area (Å²) >= 11 is 5.11. The van der Waals surface area contributed by atoms with Crippen LogP contribution in [-0.4, -0.2) is 24.9 Å². The van der Waals surface area contributed by atoms with Gasteiger partial charge in [0.05, 0.1) is 19.3 Å². The van der Waals surface area contributed by atoms with Gasteiger partial charge in [0, 0.05) is 15.9 Å². The van der Waals surface area contributed by atoms with Crippen LogP contribution in [0, 0.1) is 0 Å². The molecule has 29 heavy (non-hydrogen) atoms. The fourth-order valence-electron chi connectivity index (χ4n) is 2.99. The minimum absolute atomic E-state index is 0.323. The Morgan fingerprint density at radius 2 is 2.00 bits per heavy atom. The summed E-state index contributed by atoms with van der Waals surface area (Å²) in [5.74, 6) is 1.24. The Morgan fingerprint density at radius 3 is 2.66 bits per heavy atom. The fraction of sp³-hybridized carbons (Fsp3) is 0.273. The van der Waals surface area contributed by atoms with E-state index in [4.69, 9.17) is 14.5 Å². The molecule has 2 aromatic carbocycles. The van der Waals surface area contributed by atoms with Gasteiger partial charge in [-0.2, -0.15) is 0 Å². The van der Waals surface area contributed by atoms with Crippen LogP contribution in [0.5, 0.6) is 5.75 Å². The molecule has 5 nitrogen and oxygen atoms in total. The third-order valence-electron chi connectivity index (χ3n) is 4.41. The molecular formula is C22H23BrN2O3S. The fourth-order valence-corrected chi connectivity index (χ4v) is 4.30. The van der Waals surface area contributed by atoms with Crippen molar-refractivity contribution < 1.29 is 14.3 Å². The number of nitrogens with one attached hydrogen (secondary N) is 1. The van der Waals surface area contributed by atoms with Gasteiger partial charge in [-0.15, -0.1) is 0 Å². The number of halogens is 1. The highest BCUT2D eigenvalue weighted by Crippen LogP contribution is 2.34. The second kappa shape index (κ2) is 9.98. The quantitative estimate of drug-likeness (QED) is 0.580. The summed E-state index contributed by atoms with van der Waals surface area (Å²) in [5.41, 5.74) is 3.40. The van der Waals surface area contributed by atoms with Crippen LogP contribution >= 0.6 is 27.7 Å². The lowest BCUT2D eigenvalue weighted by molar-refractivity contribution is -0.138. The lowest BCUT2D eigenvalue weighted by Gasteiger charge is -2.26. The Bertz CT molecular complexity index is 941. The zero-order valence-electron chi connectivity index (χ0n) is 16.6. The third-order valence-corrected chi connectivity index (χ3v) is 5.86. The van der Waals surface area contributed by atoms with Gasteiger partial charge in [-0.1, -0.05) is 52.0 Å². The molecule has 7 heteroatoms. The number of methoxy groups -OCH3 is 1. The summed E-state index contributed by atoms with van der Waals surface area (Å²) in [5, 5.41) is 4.04. The molecule has 0 radical (unpaired) electrons. The number of hydrogen-bond donors (Lipinski definition) is 1. The minimum Gasteiger partial charge on any atom is -0.497 e. The number of benzene rings is 2. The van der Waals surface area contributed by atoms with Crippen LogP contribution in [0.3, 0.4) is 0 Å². The van der Waals surface area contributed by atoms with Crippen LogP contribution in [0.25, 0.3) is 0 Å². The number of amidine groups is 1. The van der Waals surface area contributed by atoms with Crippen LogP contribution in [0.1, 0.15) is 31.0 Å². The number of rotatable bonds is 6. The first-order valence-electron chi connectivity index (χ1n) is 9.25. The lowest BCUT2D eigenvalue weighted by Crippen LogP contribution is -2.30. The van der Waals surface area contributed by atoms with Crippen LogP contribution in [0.4, 0.5) is 0 Å². The van der Waals surface area contributed by atoms with Crippen LogP contribution in [0.15, 0.2) is 69.3 Å².